The van der Waals surface area contributed by atoms with Gasteiger partial charge in [0.1, 0.15) is 0 Å². The number of halogens is 1. The zero-order valence-electron chi connectivity index (χ0n) is 12.9. The second-order valence-electron chi connectivity index (χ2n) is 5.96. The van der Waals surface area contributed by atoms with E-state index in [0.717, 1.165) is 37.5 Å². The van der Waals surface area contributed by atoms with Crippen molar-refractivity contribution < 1.29 is 5.11 Å². The lowest BCUT2D eigenvalue weighted by Crippen LogP contribution is -2.46. The maximum Gasteiger partial charge on any atom is 0.0445 e. The van der Waals surface area contributed by atoms with Crippen LogP contribution in [0.2, 0.25) is 5.02 Å². The molecule has 118 valence electrons. The summed E-state index contributed by atoms with van der Waals surface area (Å²) in [6, 6.07) is 9.21. The van der Waals surface area contributed by atoms with E-state index < -0.39 is 0 Å². The lowest BCUT2D eigenvalue weighted by Gasteiger charge is -2.34. The molecule has 0 spiro atoms. The van der Waals surface area contributed by atoms with Gasteiger partial charge in [0.25, 0.3) is 0 Å². The Kier molecular flexibility index (Phi) is 6.97. The monoisotopic (exact) mass is 310 g/mol. The van der Waals surface area contributed by atoms with Crippen LogP contribution in [0.3, 0.4) is 0 Å². The molecule has 0 bridgehead atoms. The number of nitrogens with zero attached hydrogens (tertiary/aromatic N) is 1. The molecule has 4 heteroatoms. The van der Waals surface area contributed by atoms with Gasteiger partial charge in [-0.15, -0.1) is 0 Å². The van der Waals surface area contributed by atoms with E-state index in [1.807, 2.05) is 12.1 Å². The van der Waals surface area contributed by atoms with Crippen LogP contribution >= 0.6 is 11.6 Å². The minimum atomic E-state index is 0.279. The third-order valence-corrected chi connectivity index (χ3v) is 4.60. The summed E-state index contributed by atoms with van der Waals surface area (Å²) in [6.07, 6.45) is 4.33. The van der Waals surface area contributed by atoms with E-state index in [1.54, 1.807) is 0 Å². The molecule has 1 aliphatic rings. The van der Waals surface area contributed by atoms with Gasteiger partial charge in [-0.25, -0.2) is 0 Å². The second-order valence-corrected chi connectivity index (χ2v) is 6.40. The predicted octanol–water partition coefficient (Wildman–Crippen LogP) is 3.06. The third-order valence-electron chi connectivity index (χ3n) is 4.35. The van der Waals surface area contributed by atoms with Crippen molar-refractivity contribution in [2.24, 2.45) is 0 Å². The standard InChI is InChI=1S/C17H27ClN2O/c1-2-16(9-12-21)19-17-7-10-20(11-8-17)13-14-3-5-15(18)6-4-14/h3-6,16-17,19,21H,2,7-13H2,1H3. The fourth-order valence-corrected chi connectivity index (χ4v) is 3.13. The van der Waals surface area contributed by atoms with Crippen LogP contribution in [0.5, 0.6) is 0 Å². The van der Waals surface area contributed by atoms with E-state index in [2.05, 4.69) is 29.3 Å². The molecule has 1 unspecified atom stereocenters. The van der Waals surface area contributed by atoms with Crippen molar-refractivity contribution in [1.82, 2.24) is 10.2 Å². The molecular weight excluding hydrogens is 284 g/mol. The summed E-state index contributed by atoms with van der Waals surface area (Å²) in [5.74, 6) is 0. The molecule has 0 aliphatic carbocycles. The van der Waals surface area contributed by atoms with Gasteiger partial charge in [-0.05, 0) is 56.5 Å². The van der Waals surface area contributed by atoms with Crippen molar-refractivity contribution >= 4 is 11.6 Å². The minimum absolute atomic E-state index is 0.279. The summed E-state index contributed by atoms with van der Waals surface area (Å²) < 4.78 is 0. The summed E-state index contributed by atoms with van der Waals surface area (Å²) in [4.78, 5) is 2.51. The van der Waals surface area contributed by atoms with Gasteiger partial charge in [-0.2, -0.15) is 0 Å². The molecule has 0 amide bonds. The van der Waals surface area contributed by atoms with Gasteiger partial charge < -0.3 is 10.4 Å². The molecule has 0 saturated carbocycles. The lowest BCUT2D eigenvalue weighted by molar-refractivity contribution is 0.176. The highest BCUT2D eigenvalue weighted by atomic mass is 35.5. The summed E-state index contributed by atoms with van der Waals surface area (Å²) in [6.45, 7) is 5.74. The first-order valence-corrected chi connectivity index (χ1v) is 8.42. The fraction of sp³-hybridized carbons (Fsp3) is 0.647. The number of aliphatic hydroxyl groups excluding tert-OH is 1. The smallest absolute Gasteiger partial charge is 0.0445 e. The topological polar surface area (TPSA) is 35.5 Å². The molecule has 1 aromatic rings. The highest BCUT2D eigenvalue weighted by Crippen LogP contribution is 2.16. The predicted molar refractivity (Wildman–Crippen MR) is 88.7 cm³/mol. The summed E-state index contributed by atoms with van der Waals surface area (Å²) >= 11 is 5.92. The lowest BCUT2D eigenvalue weighted by atomic mass is 10.0. The van der Waals surface area contributed by atoms with Crippen molar-refractivity contribution in [3.05, 3.63) is 34.9 Å². The molecule has 1 aliphatic heterocycles. The molecule has 0 aromatic heterocycles. The average Bonchev–Trinajstić information content (AvgIpc) is 2.51. The molecule has 0 radical (unpaired) electrons. The van der Waals surface area contributed by atoms with Gasteiger partial charge in [0, 0.05) is 30.3 Å². The third kappa shape index (κ3) is 5.59. The average molecular weight is 311 g/mol. The first-order chi connectivity index (χ1) is 10.2. The van der Waals surface area contributed by atoms with E-state index in [0.29, 0.717) is 12.1 Å². The van der Waals surface area contributed by atoms with Crippen LogP contribution in [0.15, 0.2) is 24.3 Å². The van der Waals surface area contributed by atoms with Crippen molar-refractivity contribution in [2.45, 2.75) is 51.2 Å². The Balaban J connectivity index is 1.74. The summed E-state index contributed by atoms with van der Waals surface area (Å²) in [5, 5.41) is 13.6. The van der Waals surface area contributed by atoms with E-state index >= 15 is 0 Å². The molecule has 1 fully saturated rings. The van der Waals surface area contributed by atoms with Gasteiger partial charge in [0.2, 0.25) is 0 Å². The Bertz CT molecular complexity index is 402. The molecule has 1 atom stereocenters. The summed E-state index contributed by atoms with van der Waals surface area (Å²) in [5.41, 5.74) is 1.33. The first kappa shape index (κ1) is 16.8. The number of hydrogen-bond donors (Lipinski definition) is 2. The highest BCUT2D eigenvalue weighted by molar-refractivity contribution is 6.30. The molecule has 3 nitrogen and oxygen atoms in total. The van der Waals surface area contributed by atoms with Crippen LogP contribution in [0.25, 0.3) is 0 Å². The van der Waals surface area contributed by atoms with Gasteiger partial charge >= 0.3 is 0 Å². The SMILES string of the molecule is CCC(CCO)NC1CCN(Cc2ccc(Cl)cc2)CC1. The number of rotatable bonds is 7. The molecule has 1 aromatic carbocycles. The van der Waals surface area contributed by atoms with E-state index in [9.17, 15) is 0 Å². The van der Waals surface area contributed by atoms with Gasteiger partial charge in [-0.1, -0.05) is 30.7 Å². The Morgan fingerprint density at radius 1 is 1.29 bits per heavy atom. The van der Waals surface area contributed by atoms with E-state index in [1.165, 1.54) is 18.4 Å². The Morgan fingerprint density at radius 2 is 1.95 bits per heavy atom. The second kappa shape index (κ2) is 8.74. The largest absolute Gasteiger partial charge is 0.396 e. The van der Waals surface area contributed by atoms with Crippen LogP contribution in [-0.4, -0.2) is 41.8 Å². The molecular formula is C17H27ClN2O. The Hall–Kier alpha value is -0.610. The zero-order chi connectivity index (χ0) is 15.1. The van der Waals surface area contributed by atoms with Crippen LogP contribution in [0.1, 0.15) is 38.2 Å². The zero-order valence-corrected chi connectivity index (χ0v) is 13.6. The van der Waals surface area contributed by atoms with Crippen molar-refractivity contribution in [3.8, 4) is 0 Å². The molecule has 1 saturated heterocycles. The van der Waals surface area contributed by atoms with Crippen molar-refractivity contribution in [1.29, 1.82) is 0 Å². The molecule has 21 heavy (non-hydrogen) atoms. The molecule has 2 N–H and O–H groups in total. The highest BCUT2D eigenvalue weighted by Gasteiger charge is 2.21. The minimum Gasteiger partial charge on any atom is -0.396 e. The fourth-order valence-electron chi connectivity index (χ4n) is 3.00. The van der Waals surface area contributed by atoms with Gasteiger partial charge in [0.05, 0.1) is 0 Å². The van der Waals surface area contributed by atoms with Gasteiger partial charge in [0.15, 0.2) is 0 Å². The van der Waals surface area contributed by atoms with Crippen LogP contribution < -0.4 is 5.32 Å². The van der Waals surface area contributed by atoms with Crippen molar-refractivity contribution in [3.63, 3.8) is 0 Å². The van der Waals surface area contributed by atoms with Crippen LogP contribution in [0.4, 0.5) is 0 Å². The van der Waals surface area contributed by atoms with Crippen molar-refractivity contribution in [2.75, 3.05) is 19.7 Å². The number of piperidine rings is 1. The normalized spacial score (nSPS) is 18.8. The maximum absolute atomic E-state index is 9.07. The quantitative estimate of drug-likeness (QED) is 0.812. The van der Waals surface area contributed by atoms with Gasteiger partial charge in [-0.3, -0.25) is 4.90 Å². The number of benzene rings is 1. The van der Waals surface area contributed by atoms with E-state index in [4.69, 9.17) is 16.7 Å². The van der Waals surface area contributed by atoms with Crippen LogP contribution in [0, 0.1) is 0 Å². The Morgan fingerprint density at radius 3 is 2.52 bits per heavy atom. The summed E-state index contributed by atoms with van der Waals surface area (Å²) in [7, 11) is 0. The number of nitrogens with one attached hydrogen (secondary N) is 1. The number of likely N-dealkylation sites (tertiary alicyclic amines) is 1. The van der Waals surface area contributed by atoms with Crippen LogP contribution in [-0.2, 0) is 6.54 Å². The maximum atomic E-state index is 9.07. The van der Waals surface area contributed by atoms with E-state index in [-0.39, 0.29) is 6.61 Å². The number of hydrogen-bond acceptors (Lipinski definition) is 3. The number of aliphatic hydroxyl groups is 1. The molecule has 1 heterocycles. The Labute approximate surface area is 133 Å². The molecule has 2 rings (SSSR count). The first-order valence-electron chi connectivity index (χ1n) is 8.05.